The van der Waals surface area contributed by atoms with Crippen molar-refractivity contribution in [3.05, 3.63) is 152 Å². The molecule has 0 saturated carbocycles. The number of hydrogen-bond acceptors (Lipinski definition) is 5. The molecule has 5 aromatic carbocycles. The third kappa shape index (κ3) is 6.97. The first-order valence-corrected chi connectivity index (χ1v) is 14.0. The molecule has 0 aliphatic rings. The number of benzene rings is 5. The van der Waals surface area contributed by atoms with Crippen LogP contribution in [0.3, 0.4) is 0 Å². The second kappa shape index (κ2) is 13.3. The SMILES string of the molecule is C=CC(=O)Oc1ccc(-c2ccc(N(c3ccc(-c4ccc(OC(=O)C=C)cc4)cc3)c3cccc(CC)c3)cc2)cc1. The van der Waals surface area contributed by atoms with Crippen molar-refractivity contribution < 1.29 is 19.1 Å². The van der Waals surface area contributed by atoms with Crippen molar-refractivity contribution >= 4 is 29.0 Å². The number of aryl methyl sites for hydroxylation is 1. The summed E-state index contributed by atoms with van der Waals surface area (Å²) in [7, 11) is 0. The highest BCUT2D eigenvalue weighted by molar-refractivity contribution is 5.84. The van der Waals surface area contributed by atoms with E-state index in [1.54, 1.807) is 24.3 Å². The molecule has 0 aromatic heterocycles. The predicted molar refractivity (Wildman–Crippen MR) is 173 cm³/mol. The van der Waals surface area contributed by atoms with Gasteiger partial charge in [-0.25, -0.2) is 9.59 Å². The van der Waals surface area contributed by atoms with Crippen molar-refractivity contribution in [1.29, 1.82) is 0 Å². The summed E-state index contributed by atoms with van der Waals surface area (Å²) in [5.41, 5.74) is 8.49. The number of carbonyl (C=O) groups is 2. The van der Waals surface area contributed by atoms with Gasteiger partial charge in [-0.1, -0.05) is 80.7 Å². The van der Waals surface area contributed by atoms with Crippen LogP contribution in [0.25, 0.3) is 22.3 Å². The summed E-state index contributed by atoms with van der Waals surface area (Å²) in [6.45, 7) is 9.02. The van der Waals surface area contributed by atoms with Crippen molar-refractivity contribution in [2.75, 3.05) is 4.90 Å². The lowest BCUT2D eigenvalue weighted by atomic mass is 10.0. The Morgan fingerprint density at radius 2 is 0.977 bits per heavy atom. The molecule has 0 heterocycles. The summed E-state index contributed by atoms with van der Waals surface area (Å²) in [4.78, 5) is 25.2. The minimum Gasteiger partial charge on any atom is -0.423 e. The molecule has 0 radical (unpaired) electrons. The van der Waals surface area contributed by atoms with Gasteiger partial charge in [-0.2, -0.15) is 0 Å². The molecular weight excluding hydrogens is 534 g/mol. The number of carbonyl (C=O) groups excluding carboxylic acids is 2. The van der Waals surface area contributed by atoms with Crippen molar-refractivity contribution in [2.45, 2.75) is 13.3 Å². The Labute approximate surface area is 252 Å². The normalized spacial score (nSPS) is 10.4. The minimum absolute atomic E-state index is 0.475. The zero-order valence-corrected chi connectivity index (χ0v) is 23.9. The molecule has 0 spiro atoms. The monoisotopic (exact) mass is 565 g/mol. The number of ether oxygens (including phenoxy) is 2. The first-order chi connectivity index (χ1) is 21.0. The molecule has 0 bridgehead atoms. The molecule has 0 aliphatic heterocycles. The van der Waals surface area contributed by atoms with E-state index >= 15 is 0 Å². The summed E-state index contributed by atoms with van der Waals surface area (Å²) >= 11 is 0. The molecule has 0 unspecified atom stereocenters. The fourth-order valence-corrected chi connectivity index (χ4v) is 4.72. The van der Waals surface area contributed by atoms with E-state index in [0.717, 1.165) is 57.9 Å². The van der Waals surface area contributed by atoms with E-state index in [1.807, 2.05) is 24.3 Å². The molecular formula is C38H31NO4. The maximum absolute atomic E-state index is 11.5. The largest absolute Gasteiger partial charge is 0.423 e. The zero-order chi connectivity index (χ0) is 30.2. The van der Waals surface area contributed by atoms with E-state index in [4.69, 9.17) is 9.47 Å². The van der Waals surface area contributed by atoms with Gasteiger partial charge in [-0.3, -0.25) is 0 Å². The highest BCUT2D eigenvalue weighted by atomic mass is 16.5. The fraction of sp³-hybridized carbons (Fsp3) is 0.0526. The molecule has 0 fully saturated rings. The summed E-state index contributed by atoms with van der Waals surface area (Å²) < 4.78 is 10.4. The van der Waals surface area contributed by atoms with Crippen LogP contribution in [-0.4, -0.2) is 11.9 Å². The molecule has 212 valence electrons. The number of esters is 2. The average molecular weight is 566 g/mol. The molecule has 0 aliphatic carbocycles. The van der Waals surface area contributed by atoms with Gasteiger partial charge in [-0.05, 0) is 94.9 Å². The Bertz CT molecular complexity index is 1630. The third-order valence-electron chi connectivity index (χ3n) is 6.97. The van der Waals surface area contributed by atoms with Crippen LogP contribution in [0, 0.1) is 0 Å². The van der Waals surface area contributed by atoms with Crippen LogP contribution in [0.1, 0.15) is 12.5 Å². The highest BCUT2D eigenvalue weighted by Gasteiger charge is 2.14. The lowest BCUT2D eigenvalue weighted by Gasteiger charge is -2.26. The van der Waals surface area contributed by atoms with Crippen LogP contribution >= 0.6 is 0 Å². The van der Waals surface area contributed by atoms with Crippen LogP contribution in [0.15, 0.2) is 147 Å². The Morgan fingerprint density at radius 1 is 0.581 bits per heavy atom. The van der Waals surface area contributed by atoms with E-state index in [-0.39, 0.29) is 0 Å². The molecule has 0 amide bonds. The van der Waals surface area contributed by atoms with Crippen LogP contribution < -0.4 is 14.4 Å². The first-order valence-electron chi connectivity index (χ1n) is 14.0. The molecule has 0 saturated heterocycles. The summed E-state index contributed by atoms with van der Waals surface area (Å²) in [6, 6.07) is 40.2. The van der Waals surface area contributed by atoms with Gasteiger partial charge in [0, 0.05) is 29.2 Å². The number of anilines is 3. The van der Waals surface area contributed by atoms with Gasteiger partial charge in [0.1, 0.15) is 11.5 Å². The first kappa shape index (κ1) is 28.8. The molecule has 5 nitrogen and oxygen atoms in total. The Kier molecular flexibility index (Phi) is 8.93. The van der Waals surface area contributed by atoms with Crippen LogP contribution in [0.2, 0.25) is 0 Å². The van der Waals surface area contributed by atoms with Gasteiger partial charge < -0.3 is 14.4 Å². The Morgan fingerprint density at radius 3 is 1.35 bits per heavy atom. The number of nitrogens with zero attached hydrogens (tertiary/aromatic N) is 1. The van der Waals surface area contributed by atoms with Gasteiger partial charge in [-0.15, -0.1) is 0 Å². The summed E-state index contributed by atoms with van der Waals surface area (Å²) in [5, 5.41) is 0. The molecule has 0 atom stereocenters. The second-order valence-electron chi connectivity index (χ2n) is 9.75. The molecule has 5 aromatic rings. The lowest BCUT2D eigenvalue weighted by Crippen LogP contribution is -2.10. The second-order valence-corrected chi connectivity index (χ2v) is 9.75. The van der Waals surface area contributed by atoms with E-state index in [1.165, 1.54) is 5.56 Å². The average Bonchev–Trinajstić information content (AvgIpc) is 3.06. The van der Waals surface area contributed by atoms with Crippen LogP contribution in [-0.2, 0) is 16.0 Å². The zero-order valence-electron chi connectivity index (χ0n) is 23.9. The maximum atomic E-state index is 11.5. The smallest absolute Gasteiger partial charge is 0.335 e. The quantitative estimate of drug-likeness (QED) is 0.0960. The Balaban J connectivity index is 1.43. The van der Waals surface area contributed by atoms with Gasteiger partial charge in [0.2, 0.25) is 0 Å². The highest BCUT2D eigenvalue weighted by Crippen LogP contribution is 2.37. The van der Waals surface area contributed by atoms with Crippen molar-refractivity contribution in [1.82, 2.24) is 0 Å². The maximum Gasteiger partial charge on any atom is 0.335 e. The standard InChI is InChI=1S/C38H31NO4/c1-4-27-8-7-9-34(26-27)39(32-18-10-28(11-19-32)30-14-22-35(23-15-30)42-37(40)5-2)33-20-12-29(13-21-33)31-16-24-36(25-17-31)43-38(41)6-3/h5-26H,2-4H2,1H3. The summed E-state index contributed by atoms with van der Waals surface area (Å²) in [6.07, 6.45) is 3.23. The number of hydrogen-bond donors (Lipinski definition) is 0. The lowest BCUT2D eigenvalue weighted by molar-refractivity contribution is -0.129. The van der Waals surface area contributed by atoms with Gasteiger partial charge in [0.15, 0.2) is 0 Å². The molecule has 5 heteroatoms. The van der Waals surface area contributed by atoms with Gasteiger partial charge in [0.05, 0.1) is 0 Å². The minimum atomic E-state index is -0.484. The fourth-order valence-electron chi connectivity index (χ4n) is 4.72. The van der Waals surface area contributed by atoms with Gasteiger partial charge >= 0.3 is 11.9 Å². The van der Waals surface area contributed by atoms with Gasteiger partial charge in [0.25, 0.3) is 0 Å². The van der Waals surface area contributed by atoms with Crippen molar-refractivity contribution in [3.8, 4) is 33.8 Å². The van der Waals surface area contributed by atoms with Crippen LogP contribution in [0.4, 0.5) is 17.1 Å². The van der Waals surface area contributed by atoms with E-state index in [0.29, 0.717) is 11.5 Å². The van der Waals surface area contributed by atoms with Crippen molar-refractivity contribution in [3.63, 3.8) is 0 Å². The molecule has 5 rings (SSSR count). The summed E-state index contributed by atoms with van der Waals surface area (Å²) in [5.74, 6) is -0.0193. The number of rotatable bonds is 10. The van der Waals surface area contributed by atoms with E-state index in [2.05, 4.69) is 97.8 Å². The third-order valence-corrected chi connectivity index (χ3v) is 6.97. The van der Waals surface area contributed by atoms with Crippen LogP contribution in [0.5, 0.6) is 11.5 Å². The topological polar surface area (TPSA) is 55.8 Å². The van der Waals surface area contributed by atoms with Crippen molar-refractivity contribution in [2.24, 2.45) is 0 Å². The molecule has 43 heavy (non-hydrogen) atoms. The Hall–Kier alpha value is -5.68. The predicted octanol–water partition coefficient (Wildman–Crippen LogP) is 9.24. The molecule has 0 N–H and O–H groups in total. The van der Waals surface area contributed by atoms with E-state index < -0.39 is 11.9 Å². The van der Waals surface area contributed by atoms with E-state index in [9.17, 15) is 9.59 Å².